The van der Waals surface area contributed by atoms with Crippen LogP contribution in [0.1, 0.15) is 0 Å². The lowest BCUT2D eigenvalue weighted by Gasteiger charge is -2.12. The number of aromatic nitrogens is 2. The van der Waals surface area contributed by atoms with Crippen molar-refractivity contribution in [2.75, 3.05) is 6.61 Å². The molecule has 2 rings (SSSR count). The SMILES string of the molecule is O=[N+]([O-])c1cn(CC(O)COc2ccc(F)cc2)cn1. The molecule has 1 aromatic carbocycles. The van der Waals surface area contributed by atoms with E-state index in [1.165, 1.54) is 41.4 Å². The van der Waals surface area contributed by atoms with E-state index in [9.17, 15) is 19.6 Å². The van der Waals surface area contributed by atoms with E-state index in [2.05, 4.69) is 4.98 Å². The fourth-order valence-electron chi connectivity index (χ4n) is 1.56. The Bertz CT molecular complexity index is 585. The van der Waals surface area contributed by atoms with Gasteiger partial charge in [0, 0.05) is 0 Å². The minimum absolute atomic E-state index is 0.0163. The maximum absolute atomic E-state index is 12.7. The molecule has 1 aromatic heterocycles. The second kappa shape index (κ2) is 6.11. The third-order valence-corrected chi connectivity index (χ3v) is 2.48. The smallest absolute Gasteiger partial charge is 0.381 e. The van der Waals surface area contributed by atoms with E-state index < -0.39 is 11.0 Å². The normalized spacial score (nSPS) is 12.1. The predicted molar refractivity (Wildman–Crippen MR) is 66.8 cm³/mol. The number of aliphatic hydroxyl groups is 1. The maximum atomic E-state index is 12.7. The number of hydrogen-bond acceptors (Lipinski definition) is 5. The quantitative estimate of drug-likeness (QED) is 0.638. The number of nitrogens with zero attached hydrogens (tertiary/aromatic N) is 3. The van der Waals surface area contributed by atoms with Crippen LogP contribution in [0.25, 0.3) is 0 Å². The lowest BCUT2D eigenvalue weighted by Crippen LogP contribution is -2.23. The highest BCUT2D eigenvalue weighted by Crippen LogP contribution is 2.12. The van der Waals surface area contributed by atoms with Gasteiger partial charge in [0.05, 0.1) is 6.54 Å². The average Bonchev–Trinajstić information content (AvgIpc) is 2.87. The molecule has 0 aliphatic carbocycles. The topological polar surface area (TPSA) is 90.4 Å². The van der Waals surface area contributed by atoms with Crippen LogP contribution in [0.2, 0.25) is 0 Å². The molecular weight excluding hydrogens is 269 g/mol. The number of aliphatic hydroxyl groups excluding tert-OH is 1. The van der Waals surface area contributed by atoms with Crippen LogP contribution < -0.4 is 4.74 Å². The van der Waals surface area contributed by atoms with Crippen LogP contribution in [0.3, 0.4) is 0 Å². The summed E-state index contributed by atoms with van der Waals surface area (Å²) in [6.07, 6.45) is 1.62. The minimum Gasteiger partial charge on any atom is -0.491 e. The maximum Gasteiger partial charge on any atom is 0.381 e. The lowest BCUT2D eigenvalue weighted by atomic mass is 10.3. The van der Waals surface area contributed by atoms with Gasteiger partial charge in [-0.3, -0.25) is 0 Å². The van der Waals surface area contributed by atoms with Crippen LogP contribution in [0.5, 0.6) is 5.75 Å². The first-order chi connectivity index (χ1) is 9.54. The largest absolute Gasteiger partial charge is 0.491 e. The Labute approximate surface area is 113 Å². The predicted octanol–water partition coefficient (Wildman–Crippen LogP) is 1.37. The van der Waals surface area contributed by atoms with Gasteiger partial charge in [0.2, 0.25) is 6.33 Å². The van der Waals surface area contributed by atoms with Crippen LogP contribution in [0.15, 0.2) is 36.8 Å². The van der Waals surface area contributed by atoms with Gasteiger partial charge < -0.3 is 24.5 Å². The summed E-state index contributed by atoms with van der Waals surface area (Å²) in [5.41, 5.74) is 0. The number of nitro groups is 1. The summed E-state index contributed by atoms with van der Waals surface area (Å²) in [7, 11) is 0. The Hall–Kier alpha value is -2.48. The zero-order chi connectivity index (χ0) is 14.5. The molecule has 0 fully saturated rings. The van der Waals surface area contributed by atoms with Gasteiger partial charge in [0.15, 0.2) is 0 Å². The monoisotopic (exact) mass is 281 g/mol. The molecule has 0 aliphatic rings. The summed E-state index contributed by atoms with van der Waals surface area (Å²) in [5, 5.41) is 20.2. The minimum atomic E-state index is -0.867. The first kappa shape index (κ1) is 13.9. The summed E-state index contributed by atoms with van der Waals surface area (Å²) < 4.78 is 19.3. The standard InChI is InChI=1S/C12H12FN3O4/c13-9-1-3-11(4-2-9)20-7-10(17)5-15-6-12(14-8-15)16(18)19/h1-4,6,8,10,17H,5,7H2. The second-order valence-electron chi connectivity index (χ2n) is 4.10. The van der Waals surface area contributed by atoms with Crippen molar-refractivity contribution in [1.82, 2.24) is 9.55 Å². The Balaban J connectivity index is 1.84. The Morgan fingerprint density at radius 3 is 2.75 bits per heavy atom. The van der Waals surface area contributed by atoms with E-state index in [0.717, 1.165) is 0 Å². The van der Waals surface area contributed by atoms with Crippen LogP contribution in [-0.2, 0) is 6.54 Å². The van der Waals surface area contributed by atoms with Gasteiger partial charge in [-0.25, -0.2) is 4.39 Å². The van der Waals surface area contributed by atoms with Gasteiger partial charge in [-0.05, 0) is 34.2 Å². The van der Waals surface area contributed by atoms with E-state index >= 15 is 0 Å². The molecule has 1 unspecified atom stereocenters. The summed E-state index contributed by atoms with van der Waals surface area (Å²) in [6, 6.07) is 5.40. The summed E-state index contributed by atoms with van der Waals surface area (Å²) in [5.74, 6) is -0.220. The van der Waals surface area contributed by atoms with Crippen molar-refractivity contribution in [3.63, 3.8) is 0 Å². The van der Waals surface area contributed by atoms with E-state index in [1.807, 2.05) is 0 Å². The molecule has 7 nitrogen and oxygen atoms in total. The summed E-state index contributed by atoms with van der Waals surface area (Å²) >= 11 is 0. The average molecular weight is 281 g/mol. The van der Waals surface area contributed by atoms with Gasteiger partial charge >= 0.3 is 5.82 Å². The van der Waals surface area contributed by atoms with Crippen LogP contribution in [-0.4, -0.2) is 32.3 Å². The van der Waals surface area contributed by atoms with E-state index in [-0.39, 0.29) is 24.8 Å². The molecule has 20 heavy (non-hydrogen) atoms. The molecule has 1 atom stereocenters. The molecule has 0 radical (unpaired) electrons. The van der Waals surface area contributed by atoms with Crippen molar-refractivity contribution in [2.45, 2.75) is 12.6 Å². The second-order valence-corrected chi connectivity index (χ2v) is 4.10. The van der Waals surface area contributed by atoms with Crippen molar-refractivity contribution in [3.05, 3.63) is 52.7 Å². The molecule has 0 spiro atoms. The first-order valence-electron chi connectivity index (χ1n) is 5.77. The number of hydrogen-bond donors (Lipinski definition) is 1. The summed E-state index contributed by atoms with van der Waals surface area (Å²) in [6.45, 7) is 0.0969. The Morgan fingerprint density at radius 2 is 2.15 bits per heavy atom. The summed E-state index contributed by atoms with van der Waals surface area (Å²) in [4.78, 5) is 13.4. The van der Waals surface area contributed by atoms with Crippen LogP contribution in [0, 0.1) is 15.9 Å². The molecule has 1 heterocycles. The van der Waals surface area contributed by atoms with Crippen molar-refractivity contribution in [1.29, 1.82) is 0 Å². The molecule has 106 valence electrons. The third kappa shape index (κ3) is 3.75. The molecule has 8 heteroatoms. The van der Waals surface area contributed by atoms with Crippen molar-refractivity contribution in [2.24, 2.45) is 0 Å². The Morgan fingerprint density at radius 1 is 1.45 bits per heavy atom. The highest BCUT2D eigenvalue weighted by Gasteiger charge is 2.13. The number of ether oxygens (including phenoxy) is 1. The van der Waals surface area contributed by atoms with Crippen LogP contribution >= 0.6 is 0 Å². The lowest BCUT2D eigenvalue weighted by molar-refractivity contribution is -0.389. The molecular formula is C12H12FN3O4. The van der Waals surface area contributed by atoms with Gasteiger partial charge in [0.25, 0.3) is 0 Å². The van der Waals surface area contributed by atoms with Gasteiger partial charge in [-0.15, -0.1) is 0 Å². The molecule has 0 saturated heterocycles. The highest BCUT2D eigenvalue weighted by atomic mass is 19.1. The fraction of sp³-hybridized carbons (Fsp3) is 0.250. The van der Waals surface area contributed by atoms with Crippen molar-refractivity contribution >= 4 is 5.82 Å². The number of benzene rings is 1. The van der Waals surface area contributed by atoms with Crippen LogP contribution in [0.4, 0.5) is 10.2 Å². The molecule has 0 bridgehead atoms. The van der Waals surface area contributed by atoms with Gasteiger partial charge in [-0.2, -0.15) is 0 Å². The number of halogens is 1. The number of imidazole rings is 1. The van der Waals surface area contributed by atoms with Crippen molar-refractivity contribution < 1.29 is 19.2 Å². The number of rotatable bonds is 6. The van der Waals surface area contributed by atoms with Crippen molar-refractivity contribution in [3.8, 4) is 5.75 Å². The highest BCUT2D eigenvalue weighted by molar-refractivity contribution is 5.22. The van der Waals surface area contributed by atoms with E-state index in [1.54, 1.807) is 0 Å². The fourth-order valence-corrected chi connectivity index (χ4v) is 1.56. The zero-order valence-electron chi connectivity index (χ0n) is 10.3. The molecule has 1 N–H and O–H groups in total. The van der Waals surface area contributed by atoms with Gasteiger partial charge in [0.1, 0.15) is 30.5 Å². The molecule has 0 amide bonds. The Kier molecular flexibility index (Phi) is 4.26. The third-order valence-electron chi connectivity index (χ3n) is 2.48. The van der Waals surface area contributed by atoms with E-state index in [0.29, 0.717) is 5.75 Å². The van der Waals surface area contributed by atoms with Gasteiger partial charge in [-0.1, -0.05) is 0 Å². The molecule has 0 saturated carbocycles. The van der Waals surface area contributed by atoms with E-state index in [4.69, 9.17) is 4.74 Å². The molecule has 0 aliphatic heterocycles. The first-order valence-corrected chi connectivity index (χ1v) is 5.77. The molecule has 2 aromatic rings. The zero-order valence-corrected chi connectivity index (χ0v) is 10.3.